The summed E-state index contributed by atoms with van der Waals surface area (Å²) in [6.07, 6.45) is -1.42. The molecule has 1 amide bonds. The van der Waals surface area contributed by atoms with Crippen LogP contribution in [-0.2, 0) is 17.4 Å². The first-order valence-corrected chi connectivity index (χ1v) is 8.87. The molecule has 0 bridgehead atoms. The highest BCUT2D eigenvalue weighted by Gasteiger charge is 2.31. The van der Waals surface area contributed by atoms with Crippen LogP contribution in [-0.4, -0.2) is 24.1 Å². The number of anilines is 2. The molecule has 1 heterocycles. The molecule has 0 unspecified atom stereocenters. The van der Waals surface area contributed by atoms with Crippen molar-refractivity contribution in [3.63, 3.8) is 0 Å². The van der Waals surface area contributed by atoms with Gasteiger partial charge in [0.2, 0.25) is 5.91 Å². The first-order chi connectivity index (χ1) is 12.8. The summed E-state index contributed by atoms with van der Waals surface area (Å²) >= 11 is 0. The number of rotatable bonds is 4. The monoisotopic (exact) mass is 378 g/mol. The van der Waals surface area contributed by atoms with Gasteiger partial charge >= 0.3 is 6.18 Å². The Kier molecular flexibility index (Phi) is 5.58. The third-order valence-electron chi connectivity index (χ3n) is 4.60. The maximum atomic E-state index is 13.1. The number of hydrogen-bond donors (Lipinski definition) is 2. The Morgan fingerprint density at radius 2 is 1.70 bits per heavy atom. The van der Waals surface area contributed by atoms with Crippen LogP contribution in [0.3, 0.4) is 0 Å². The fourth-order valence-corrected chi connectivity index (χ4v) is 3.22. The summed E-state index contributed by atoms with van der Waals surface area (Å²) in [5, 5.41) is 11.9. The van der Waals surface area contributed by atoms with E-state index in [1.165, 1.54) is 18.2 Å². The van der Waals surface area contributed by atoms with Crippen molar-refractivity contribution >= 4 is 17.3 Å². The second-order valence-corrected chi connectivity index (χ2v) is 6.67. The summed E-state index contributed by atoms with van der Waals surface area (Å²) in [5.41, 5.74) is 0.664. The maximum absolute atomic E-state index is 13.1. The highest BCUT2D eigenvalue weighted by atomic mass is 19.4. The van der Waals surface area contributed by atoms with Crippen LogP contribution in [0.2, 0.25) is 0 Å². The van der Waals surface area contributed by atoms with E-state index < -0.39 is 17.6 Å². The van der Waals surface area contributed by atoms with Crippen LogP contribution in [0, 0.1) is 0 Å². The van der Waals surface area contributed by atoms with E-state index in [0.29, 0.717) is 11.3 Å². The van der Waals surface area contributed by atoms with Gasteiger partial charge in [0.05, 0.1) is 23.4 Å². The molecule has 2 aromatic rings. The number of benzene rings is 2. The maximum Gasteiger partial charge on any atom is 0.416 e. The minimum Gasteiger partial charge on any atom is -0.508 e. The Morgan fingerprint density at radius 1 is 1.04 bits per heavy atom. The SMILES string of the molecule is O=C(Cc1ccc(O)cc1)Nc1cc(C(F)(F)F)ccc1N1CCCCC1. The minimum atomic E-state index is -4.48. The van der Waals surface area contributed by atoms with Crippen LogP contribution in [0.4, 0.5) is 24.5 Å². The summed E-state index contributed by atoms with van der Waals surface area (Å²) in [5.74, 6) is -0.317. The Labute approximate surface area is 155 Å². The van der Waals surface area contributed by atoms with Crippen molar-refractivity contribution in [2.24, 2.45) is 0 Å². The summed E-state index contributed by atoms with van der Waals surface area (Å²) in [6.45, 7) is 1.51. The molecule has 3 rings (SSSR count). The lowest BCUT2D eigenvalue weighted by molar-refractivity contribution is -0.137. The Morgan fingerprint density at radius 3 is 2.33 bits per heavy atom. The van der Waals surface area contributed by atoms with Crippen LogP contribution in [0.1, 0.15) is 30.4 Å². The normalized spacial score (nSPS) is 14.9. The zero-order valence-corrected chi connectivity index (χ0v) is 14.7. The molecule has 0 radical (unpaired) electrons. The van der Waals surface area contributed by atoms with E-state index in [4.69, 9.17) is 0 Å². The van der Waals surface area contributed by atoms with Crippen LogP contribution in [0.5, 0.6) is 5.75 Å². The molecule has 1 saturated heterocycles. The van der Waals surface area contributed by atoms with Gasteiger partial charge < -0.3 is 15.3 Å². The number of nitrogens with zero attached hydrogens (tertiary/aromatic N) is 1. The van der Waals surface area contributed by atoms with E-state index in [9.17, 15) is 23.1 Å². The highest BCUT2D eigenvalue weighted by Crippen LogP contribution is 2.36. The largest absolute Gasteiger partial charge is 0.508 e. The van der Waals surface area contributed by atoms with E-state index in [-0.39, 0.29) is 17.9 Å². The predicted octanol–water partition coefficient (Wildman–Crippen LogP) is 4.58. The molecule has 7 heteroatoms. The van der Waals surface area contributed by atoms with Crippen molar-refractivity contribution in [2.45, 2.75) is 31.9 Å². The molecule has 144 valence electrons. The minimum absolute atomic E-state index is 0.00989. The van der Waals surface area contributed by atoms with Crippen molar-refractivity contribution < 1.29 is 23.1 Å². The zero-order valence-electron chi connectivity index (χ0n) is 14.7. The van der Waals surface area contributed by atoms with E-state index >= 15 is 0 Å². The van der Waals surface area contributed by atoms with E-state index in [0.717, 1.165) is 44.5 Å². The average molecular weight is 378 g/mol. The second-order valence-electron chi connectivity index (χ2n) is 6.67. The number of carbonyl (C=O) groups excluding carboxylic acids is 1. The van der Waals surface area contributed by atoms with E-state index in [1.807, 2.05) is 4.90 Å². The van der Waals surface area contributed by atoms with Crippen LogP contribution in [0.25, 0.3) is 0 Å². The fourth-order valence-electron chi connectivity index (χ4n) is 3.22. The molecule has 1 fully saturated rings. The van der Waals surface area contributed by atoms with Gasteiger partial charge in [-0.05, 0) is 55.2 Å². The molecule has 0 spiro atoms. The average Bonchev–Trinajstić information content (AvgIpc) is 2.63. The van der Waals surface area contributed by atoms with Gasteiger partial charge in [-0.3, -0.25) is 4.79 Å². The lowest BCUT2D eigenvalue weighted by Crippen LogP contribution is -2.30. The van der Waals surface area contributed by atoms with Crippen molar-refractivity contribution in [1.82, 2.24) is 0 Å². The van der Waals surface area contributed by atoms with E-state index in [1.54, 1.807) is 12.1 Å². The summed E-state index contributed by atoms with van der Waals surface area (Å²) < 4.78 is 39.3. The smallest absolute Gasteiger partial charge is 0.416 e. The quantitative estimate of drug-likeness (QED) is 0.819. The lowest BCUT2D eigenvalue weighted by atomic mass is 10.1. The highest BCUT2D eigenvalue weighted by molar-refractivity contribution is 5.95. The van der Waals surface area contributed by atoms with Gasteiger partial charge in [-0.15, -0.1) is 0 Å². The first-order valence-electron chi connectivity index (χ1n) is 8.87. The van der Waals surface area contributed by atoms with Gasteiger partial charge in [0.25, 0.3) is 0 Å². The molecular formula is C20H21F3N2O2. The second kappa shape index (κ2) is 7.90. The molecule has 0 aromatic heterocycles. The number of aromatic hydroxyl groups is 1. The van der Waals surface area contributed by atoms with E-state index in [2.05, 4.69) is 5.32 Å². The number of phenolic OH excluding ortho intramolecular Hbond substituents is 1. The fraction of sp³-hybridized carbons (Fsp3) is 0.350. The molecule has 2 aromatic carbocycles. The number of piperidine rings is 1. The van der Waals surface area contributed by atoms with Crippen LogP contribution >= 0.6 is 0 Å². The number of phenols is 1. The molecular weight excluding hydrogens is 357 g/mol. The number of amides is 1. The molecule has 1 aliphatic heterocycles. The number of alkyl halides is 3. The Bertz CT molecular complexity index is 798. The Hall–Kier alpha value is -2.70. The Balaban J connectivity index is 1.83. The molecule has 2 N–H and O–H groups in total. The van der Waals surface area contributed by atoms with Crippen molar-refractivity contribution in [1.29, 1.82) is 0 Å². The summed E-state index contributed by atoms with van der Waals surface area (Å²) in [7, 11) is 0. The topological polar surface area (TPSA) is 52.6 Å². The lowest BCUT2D eigenvalue weighted by Gasteiger charge is -2.31. The summed E-state index contributed by atoms with van der Waals surface area (Å²) in [4.78, 5) is 14.4. The van der Waals surface area contributed by atoms with Gasteiger partial charge in [-0.1, -0.05) is 12.1 Å². The van der Waals surface area contributed by atoms with Gasteiger partial charge in [-0.2, -0.15) is 13.2 Å². The molecule has 0 atom stereocenters. The van der Waals surface area contributed by atoms with Crippen molar-refractivity contribution in [3.8, 4) is 5.75 Å². The number of nitrogens with one attached hydrogen (secondary N) is 1. The predicted molar refractivity (Wildman–Crippen MR) is 97.9 cm³/mol. The third-order valence-corrected chi connectivity index (χ3v) is 4.60. The number of hydrogen-bond acceptors (Lipinski definition) is 3. The molecule has 4 nitrogen and oxygen atoms in total. The molecule has 0 saturated carbocycles. The molecule has 0 aliphatic carbocycles. The first kappa shape index (κ1) is 19.1. The third kappa shape index (κ3) is 4.93. The van der Waals surface area contributed by atoms with Crippen molar-refractivity contribution in [2.75, 3.05) is 23.3 Å². The van der Waals surface area contributed by atoms with Crippen LogP contribution < -0.4 is 10.2 Å². The number of halogens is 3. The number of carbonyl (C=O) groups is 1. The van der Waals surface area contributed by atoms with Crippen molar-refractivity contribution in [3.05, 3.63) is 53.6 Å². The van der Waals surface area contributed by atoms with Gasteiger partial charge in [0.1, 0.15) is 5.75 Å². The molecule has 1 aliphatic rings. The van der Waals surface area contributed by atoms with Gasteiger partial charge in [0, 0.05) is 13.1 Å². The zero-order chi connectivity index (χ0) is 19.4. The summed E-state index contributed by atoms with van der Waals surface area (Å²) in [6, 6.07) is 9.62. The van der Waals surface area contributed by atoms with Gasteiger partial charge in [-0.25, -0.2) is 0 Å². The standard InChI is InChI=1S/C20H21F3N2O2/c21-20(22,23)15-6-9-18(25-10-2-1-3-11-25)17(13-15)24-19(27)12-14-4-7-16(26)8-5-14/h4-9,13,26H,1-3,10-12H2,(H,24,27). The van der Waals surface area contributed by atoms with Crippen LogP contribution in [0.15, 0.2) is 42.5 Å². The molecule has 27 heavy (non-hydrogen) atoms. The van der Waals surface area contributed by atoms with Gasteiger partial charge in [0.15, 0.2) is 0 Å².